The molecule has 0 aliphatic heterocycles. The molecule has 6 nitrogen and oxygen atoms in total. The van der Waals surface area contributed by atoms with Gasteiger partial charge < -0.3 is 9.47 Å². The first kappa shape index (κ1) is 19.1. The number of hydrogen-bond acceptors (Lipinski definition) is 6. The minimum atomic E-state index is -4.66. The monoisotopic (exact) mass is 395 g/mol. The van der Waals surface area contributed by atoms with Crippen LogP contribution in [0.4, 0.5) is 18.9 Å². The van der Waals surface area contributed by atoms with Crippen molar-refractivity contribution in [3.8, 4) is 5.75 Å². The average Bonchev–Trinajstić information content (AvgIpc) is 3.03. The Balaban J connectivity index is 2.48. The number of halogens is 3. The van der Waals surface area contributed by atoms with Crippen LogP contribution >= 0.6 is 11.3 Å². The number of methoxy groups -OCH3 is 2. The van der Waals surface area contributed by atoms with Crippen molar-refractivity contribution in [3.63, 3.8) is 0 Å². The third-order valence-corrected chi connectivity index (χ3v) is 5.49. The molecule has 1 N–H and O–H groups in total. The Morgan fingerprint density at radius 1 is 1.20 bits per heavy atom. The lowest BCUT2D eigenvalue weighted by Gasteiger charge is -2.14. The standard InChI is InChI=1S/C14H12F3NO5S2/c1-22-10-4-3-8(14(15,16)17)7-9(10)18-25(20,21)11-5-6-24-12(11)13(19)23-2/h3-7,18H,1-2H3. The van der Waals surface area contributed by atoms with Crippen LogP contribution in [0.15, 0.2) is 34.5 Å². The fourth-order valence-electron chi connectivity index (χ4n) is 1.91. The largest absolute Gasteiger partial charge is 0.495 e. The quantitative estimate of drug-likeness (QED) is 0.785. The molecule has 0 fully saturated rings. The van der Waals surface area contributed by atoms with Gasteiger partial charge in [-0.2, -0.15) is 13.2 Å². The molecule has 0 amide bonds. The van der Waals surface area contributed by atoms with Crippen molar-refractivity contribution in [1.82, 2.24) is 0 Å². The van der Waals surface area contributed by atoms with Gasteiger partial charge in [-0.05, 0) is 29.6 Å². The Morgan fingerprint density at radius 2 is 1.88 bits per heavy atom. The molecule has 0 saturated heterocycles. The molecule has 0 unspecified atom stereocenters. The third kappa shape index (κ3) is 4.04. The van der Waals surface area contributed by atoms with Gasteiger partial charge in [-0.25, -0.2) is 13.2 Å². The average molecular weight is 395 g/mol. The van der Waals surface area contributed by atoms with Crippen LogP contribution in [-0.2, 0) is 20.9 Å². The summed E-state index contributed by atoms with van der Waals surface area (Å²) in [7, 11) is -2.07. The fraction of sp³-hybridized carbons (Fsp3) is 0.214. The summed E-state index contributed by atoms with van der Waals surface area (Å²) in [5, 5.41) is 1.35. The Hall–Kier alpha value is -2.27. The number of carbonyl (C=O) groups excluding carboxylic acids is 1. The number of anilines is 1. The maximum Gasteiger partial charge on any atom is 0.416 e. The number of thiophene rings is 1. The fourth-order valence-corrected chi connectivity index (χ4v) is 4.31. The van der Waals surface area contributed by atoms with E-state index in [1.165, 1.54) is 12.5 Å². The number of esters is 1. The normalized spacial score (nSPS) is 11.9. The molecule has 0 spiro atoms. The van der Waals surface area contributed by atoms with Gasteiger partial charge >= 0.3 is 12.1 Å². The predicted octanol–water partition coefficient (Wildman–Crippen LogP) is 3.36. The van der Waals surface area contributed by atoms with Crippen molar-refractivity contribution < 1.29 is 35.9 Å². The van der Waals surface area contributed by atoms with Gasteiger partial charge in [-0.3, -0.25) is 4.72 Å². The number of sulfonamides is 1. The van der Waals surface area contributed by atoms with Gasteiger partial charge in [0.1, 0.15) is 15.5 Å². The van der Waals surface area contributed by atoms with Crippen LogP contribution < -0.4 is 9.46 Å². The molecule has 0 bridgehead atoms. The molecular formula is C14H12F3NO5S2. The highest BCUT2D eigenvalue weighted by molar-refractivity contribution is 7.93. The summed E-state index contributed by atoms with van der Waals surface area (Å²) in [5.41, 5.74) is -1.45. The van der Waals surface area contributed by atoms with E-state index in [1.54, 1.807) is 0 Å². The topological polar surface area (TPSA) is 81.7 Å². The van der Waals surface area contributed by atoms with Crippen molar-refractivity contribution in [1.29, 1.82) is 0 Å². The molecule has 1 heterocycles. The molecular weight excluding hydrogens is 383 g/mol. The maximum atomic E-state index is 12.8. The maximum absolute atomic E-state index is 12.8. The van der Waals surface area contributed by atoms with Crippen LogP contribution in [0.1, 0.15) is 15.2 Å². The third-order valence-electron chi connectivity index (χ3n) is 3.06. The van der Waals surface area contributed by atoms with E-state index >= 15 is 0 Å². The number of nitrogens with one attached hydrogen (secondary N) is 1. The zero-order valence-corrected chi connectivity index (χ0v) is 14.5. The SMILES string of the molecule is COC(=O)c1sccc1S(=O)(=O)Nc1cc(C(F)(F)F)ccc1OC. The lowest BCUT2D eigenvalue weighted by molar-refractivity contribution is -0.137. The van der Waals surface area contributed by atoms with Gasteiger partial charge in [-0.1, -0.05) is 0 Å². The summed E-state index contributed by atoms with van der Waals surface area (Å²) in [6.07, 6.45) is -4.66. The first-order chi connectivity index (χ1) is 11.6. The second-order valence-electron chi connectivity index (χ2n) is 4.62. The molecule has 2 aromatic rings. The van der Waals surface area contributed by atoms with E-state index in [-0.39, 0.29) is 10.6 Å². The Bertz CT molecular complexity index is 890. The lowest BCUT2D eigenvalue weighted by Crippen LogP contribution is -2.17. The van der Waals surface area contributed by atoms with Crippen LogP contribution in [0.3, 0.4) is 0 Å². The summed E-state index contributed by atoms with van der Waals surface area (Å²) in [4.78, 5) is 11.0. The highest BCUT2D eigenvalue weighted by Crippen LogP contribution is 2.36. The van der Waals surface area contributed by atoms with Crippen LogP contribution in [0, 0.1) is 0 Å². The number of ether oxygens (including phenoxy) is 2. The van der Waals surface area contributed by atoms with Gasteiger partial charge in [0.05, 0.1) is 25.5 Å². The number of benzene rings is 1. The molecule has 0 radical (unpaired) electrons. The zero-order chi connectivity index (χ0) is 18.8. The van der Waals surface area contributed by atoms with Gasteiger partial charge in [-0.15, -0.1) is 11.3 Å². The van der Waals surface area contributed by atoms with E-state index in [4.69, 9.17) is 4.74 Å². The molecule has 0 aliphatic carbocycles. The van der Waals surface area contributed by atoms with Crippen molar-refractivity contribution in [3.05, 3.63) is 40.1 Å². The van der Waals surface area contributed by atoms with Gasteiger partial charge in [0.2, 0.25) is 0 Å². The molecule has 1 aromatic heterocycles. The minimum absolute atomic E-state index is 0.105. The number of hydrogen-bond donors (Lipinski definition) is 1. The van der Waals surface area contributed by atoms with E-state index in [9.17, 15) is 26.4 Å². The molecule has 0 saturated carbocycles. The highest BCUT2D eigenvalue weighted by Gasteiger charge is 2.32. The Morgan fingerprint density at radius 3 is 2.44 bits per heavy atom. The Kier molecular flexibility index (Phi) is 5.28. The predicted molar refractivity (Wildman–Crippen MR) is 84.5 cm³/mol. The first-order valence-electron chi connectivity index (χ1n) is 6.54. The van der Waals surface area contributed by atoms with E-state index < -0.39 is 38.3 Å². The van der Waals surface area contributed by atoms with E-state index in [2.05, 4.69) is 4.74 Å². The highest BCUT2D eigenvalue weighted by atomic mass is 32.2. The molecule has 25 heavy (non-hydrogen) atoms. The summed E-state index contributed by atoms with van der Waals surface area (Å²) in [5.74, 6) is -0.974. The number of rotatable bonds is 5. The summed E-state index contributed by atoms with van der Waals surface area (Å²) in [6, 6.07) is 3.52. The van der Waals surface area contributed by atoms with Crippen molar-refractivity contribution >= 4 is 33.0 Å². The molecule has 0 atom stereocenters. The van der Waals surface area contributed by atoms with E-state index in [0.717, 1.165) is 36.6 Å². The summed E-state index contributed by atoms with van der Waals surface area (Å²) >= 11 is 0.832. The van der Waals surface area contributed by atoms with Crippen molar-refractivity contribution in [2.24, 2.45) is 0 Å². The molecule has 11 heteroatoms. The molecule has 2 rings (SSSR count). The van der Waals surface area contributed by atoms with Gasteiger partial charge in [0, 0.05) is 0 Å². The van der Waals surface area contributed by atoms with E-state index in [0.29, 0.717) is 6.07 Å². The first-order valence-corrected chi connectivity index (χ1v) is 8.90. The summed E-state index contributed by atoms with van der Waals surface area (Å²) in [6.45, 7) is 0. The van der Waals surface area contributed by atoms with Crippen LogP contribution in [-0.4, -0.2) is 28.6 Å². The van der Waals surface area contributed by atoms with Crippen molar-refractivity contribution in [2.75, 3.05) is 18.9 Å². The lowest BCUT2D eigenvalue weighted by atomic mass is 10.2. The van der Waals surface area contributed by atoms with Gasteiger partial charge in [0.15, 0.2) is 0 Å². The van der Waals surface area contributed by atoms with Crippen LogP contribution in [0.2, 0.25) is 0 Å². The van der Waals surface area contributed by atoms with Gasteiger partial charge in [0.25, 0.3) is 10.0 Å². The van der Waals surface area contributed by atoms with Crippen molar-refractivity contribution in [2.45, 2.75) is 11.1 Å². The molecule has 0 aliphatic rings. The minimum Gasteiger partial charge on any atom is -0.495 e. The molecule has 1 aromatic carbocycles. The smallest absolute Gasteiger partial charge is 0.416 e. The number of alkyl halides is 3. The van der Waals surface area contributed by atoms with Crippen LogP contribution in [0.25, 0.3) is 0 Å². The van der Waals surface area contributed by atoms with E-state index in [1.807, 2.05) is 4.72 Å². The van der Waals surface area contributed by atoms with Crippen LogP contribution in [0.5, 0.6) is 5.75 Å². The Labute approximate surface area is 145 Å². The second kappa shape index (κ2) is 6.92. The summed E-state index contributed by atoms with van der Waals surface area (Å²) < 4.78 is 74.9. The number of carbonyl (C=O) groups is 1. The zero-order valence-electron chi connectivity index (χ0n) is 12.9. The second-order valence-corrected chi connectivity index (χ2v) is 7.19. The molecule has 136 valence electrons.